The minimum Gasteiger partial charge on any atom is -0.325 e. The maximum absolute atomic E-state index is 13.9. The number of halogens is 1. The predicted octanol–water partition coefficient (Wildman–Crippen LogP) is 6.70. The predicted molar refractivity (Wildman–Crippen MR) is 148 cm³/mol. The van der Waals surface area contributed by atoms with E-state index in [4.69, 9.17) is 16.6 Å². The van der Waals surface area contributed by atoms with E-state index in [-0.39, 0.29) is 24.3 Å². The van der Waals surface area contributed by atoms with Gasteiger partial charge < -0.3 is 10.2 Å². The molecule has 0 aromatic heterocycles. The molecule has 0 saturated carbocycles. The number of carbonyl (C=O) groups is 2. The number of hydrogen-bond acceptors (Lipinski definition) is 3. The largest absolute Gasteiger partial charge is 0.325 e. The van der Waals surface area contributed by atoms with E-state index in [1.54, 1.807) is 17.0 Å². The molecule has 2 amide bonds. The number of anilines is 2. The first-order valence-corrected chi connectivity index (χ1v) is 12.8. The fourth-order valence-electron chi connectivity index (χ4n) is 4.35. The number of carbonyl (C=O) groups excluding carboxylic acids is 2. The summed E-state index contributed by atoms with van der Waals surface area (Å²) in [6.45, 7) is 8.20. The lowest BCUT2D eigenvalue weighted by molar-refractivity contribution is -0.123. The monoisotopic (exact) mass is 501 g/mol. The Morgan fingerprint density at radius 2 is 1.72 bits per heavy atom. The molecule has 0 aliphatic carbocycles. The molecular formula is C30H32ClN3O2. The normalized spacial score (nSPS) is 16.3. The summed E-state index contributed by atoms with van der Waals surface area (Å²) >= 11 is 6.40. The number of amides is 2. The molecule has 3 aromatic rings. The van der Waals surface area contributed by atoms with Gasteiger partial charge in [0.1, 0.15) is 12.6 Å². The Labute approximate surface area is 218 Å². The van der Waals surface area contributed by atoms with Crippen LogP contribution in [0.2, 0.25) is 5.02 Å². The van der Waals surface area contributed by atoms with Crippen LogP contribution in [-0.4, -0.2) is 30.1 Å². The first kappa shape index (κ1) is 25.6. The summed E-state index contributed by atoms with van der Waals surface area (Å²) in [7, 11) is 0. The number of benzene rings is 3. The minimum absolute atomic E-state index is 0.00450. The molecule has 2 unspecified atom stereocenters. The van der Waals surface area contributed by atoms with Crippen LogP contribution in [0.4, 0.5) is 11.4 Å². The Hall–Kier alpha value is -3.44. The first-order chi connectivity index (χ1) is 17.3. The second-order valence-corrected chi connectivity index (χ2v) is 10.0. The summed E-state index contributed by atoms with van der Waals surface area (Å²) in [6, 6.07) is 22.4. The SMILES string of the molecule is CCC(C)C1N=C(c2ccccc2)c2cc(Cl)ccc2N(CC(=O)Nc2ccc(C(C)C)cc2)C1=O. The molecule has 1 N–H and O–H groups in total. The first-order valence-electron chi connectivity index (χ1n) is 12.4. The van der Waals surface area contributed by atoms with Gasteiger partial charge >= 0.3 is 0 Å². The van der Waals surface area contributed by atoms with Gasteiger partial charge in [-0.1, -0.05) is 88.2 Å². The Morgan fingerprint density at radius 1 is 1.03 bits per heavy atom. The van der Waals surface area contributed by atoms with E-state index in [1.807, 2.05) is 74.5 Å². The number of hydrogen-bond donors (Lipinski definition) is 1. The molecule has 0 spiro atoms. The summed E-state index contributed by atoms with van der Waals surface area (Å²) in [6.07, 6.45) is 0.779. The zero-order valence-corrected chi connectivity index (χ0v) is 21.9. The number of nitrogens with one attached hydrogen (secondary N) is 1. The van der Waals surface area contributed by atoms with Crippen LogP contribution >= 0.6 is 11.6 Å². The molecule has 1 aliphatic heterocycles. The van der Waals surface area contributed by atoms with Crippen molar-refractivity contribution in [2.24, 2.45) is 10.9 Å². The Bertz CT molecular complexity index is 1270. The molecule has 1 aliphatic rings. The average molecular weight is 502 g/mol. The van der Waals surface area contributed by atoms with Crippen molar-refractivity contribution in [2.75, 3.05) is 16.8 Å². The molecule has 1 heterocycles. The van der Waals surface area contributed by atoms with Crippen LogP contribution in [0.5, 0.6) is 0 Å². The fraction of sp³-hybridized carbons (Fsp3) is 0.300. The number of benzodiazepines with no additional fused rings is 1. The molecule has 4 rings (SSSR count). The van der Waals surface area contributed by atoms with E-state index in [0.29, 0.717) is 28.0 Å². The van der Waals surface area contributed by atoms with Crippen molar-refractivity contribution in [3.8, 4) is 0 Å². The number of rotatable bonds is 7. The average Bonchev–Trinajstić information content (AvgIpc) is 2.99. The van der Waals surface area contributed by atoms with E-state index >= 15 is 0 Å². The minimum atomic E-state index is -0.616. The van der Waals surface area contributed by atoms with Crippen molar-refractivity contribution < 1.29 is 9.59 Å². The van der Waals surface area contributed by atoms with E-state index in [0.717, 1.165) is 17.5 Å². The summed E-state index contributed by atoms with van der Waals surface area (Å²) in [4.78, 5) is 33.6. The van der Waals surface area contributed by atoms with Crippen LogP contribution in [0, 0.1) is 5.92 Å². The highest BCUT2D eigenvalue weighted by atomic mass is 35.5. The van der Waals surface area contributed by atoms with Gasteiger partial charge in [-0.05, 0) is 47.7 Å². The summed E-state index contributed by atoms with van der Waals surface area (Å²) in [5.41, 5.74) is 4.87. The molecule has 0 fully saturated rings. The van der Waals surface area contributed by atoms with Crippen LogP contribution in [-0.2, 0) is 9.59 Å². The van der Waals surface area contributed by atoms with Gasteiger partial charge in [0.2, 0.25) is 5.91 Å². The fourth-order valence-corrected chi connectivity index (χ4v) is 4.53. The second kappa shape index (κ2) is 11.1. The third-order valence-corrected chi connectivity index (χ3v) is 6.92. The molecule has 0 bridgehead atoms. The van der Waals surface area contributed by atoms with Gasteiger partial charge in [-0.3, -0.25) is 14.6 Å². The van der Waals surface area contributed by atoms with E-state index in [1.165, 1.54) is 5.56 Å². The second-order valence-electron chi connectivity index (χ2n) is 9.58. The Balaban J connectivity index is 1.72. The summed E-state index contributed by atoms with van der Waals surface area (Å²) in [5.74, 6) is -0.0593. The molecule has 5 nitrogen and oxygen atoms in total. The van der Waals surface area contributed by atoms with Gasteiger partial charge in [-0.2, -0.15) is 0 Å². The van der Waals surface area contributed by atoms with Gasteiger partial charge in [-0.15, -0.1) is 0 Å². The molecular weight excluding hydrogens is 470 g/mol. The maximum Gasteiger partial charge on any atom is 0.252 e. The summed E-state index contributed by atoms with van der Waals surface area (Å²) in [5, 5.41) is 3.49. The van der Waals surface area contributed by atoms with E-state index < -0.39 is 6.04 Å². The van der Waals surface area contributed by atoms with E-state index in [9.17, 15) is 9.59 Å². The Kier molecular flexibility index (Phi) is 7.90. The standard InChI is InChI=1S/C30H32ClN3O2/c1-5-20(4)28-30(36)34(18-27(35)32-24-14-11-21(12-15-24)19(2)3)26-16-13-23(31)17-25(26)29(33-28)22-9-7-6-8-10-22/h6-17,19-20,28H,5,18H2,1-4H3,(H,32,35). The smallest absolute Gasteiger partial charge is 0.252 e. The third-order valence-electron chi connectivity index (χ3n) is 6.68. The van der Waals surface area contributed by atoms with Crippen molar-refractivity contribution in [3.05, 3.63) is 94.5 Å². The number of aliphatic imine (C=N–C) groups is 1. The molecule has 186 valence electrons. The third kappa shape index (κ3) is 5.52. The van der Waals surface area contributed by atoms with Crippen LogP contribution in [0.15, 0.2) is 77.8 Å². The highest BCUT2D eigenvalue weighted by Gasteiger charge is 2.35. The van der Waals surface area contributed by atoms with Crippen molar-refractivity contribution >= 4 is 40.5 Å². The molecule has 6 heteroatoms. The van der Waals surface area contributed by atoms with Gasteiger partial charge in [0, 0.05) is 21.8 Å². The lowest BCUT2D eigenvalue weighted by Crippen LogP contribution is -2.44. The van der Waals surface area contributed by atoms with Crippen LogP contribution in [0.25, 0.3) is 0 Å². The molecule has 3 aromatic carbocycles. The molecule has 36 heavy (non-hydrogen) atoms. The lowest BCUT2D eigenvalue weighted by Gasteiger charge is -2.26. The van der Waals surface area contributed by atoms with Crippen molar-refractivity contribution in [3.63, 3.8) is 0 Å². The maximum atomic E-state index is 13.9. The number of fused-ring (bicyclic) bond motifs is 1. The highest BCUT2D eigenvalue weighted by Crippen LogP contribution is 2.33. The highest BCUT2D eigenvalue weighted by molar-refractivity contribution is 6.32. The van der Waals surface area contributed by atoms with Crippen LogP contribution < -0.4 is 10.2 Å². The summed E-state index contributed by atoms with van der Waals surface area (Å²) < 4.78 is 0. The van der Waals surface area contributed by atoms with Crippen LogP contribution in [0.3, 0.4) is 0 Å². The van der Waals surface area contributed by atoms with Gasteiger partial charge in [0.05, 0.1) is 11.4 Å². The van der Waals surface area contributed by atoms with Crippen LogP contribution in [0.1, 0.15) is 56.7 Å². The zero-order chi connectivity index (χ0) is 25.8. The van der Waals surface area contributed by atoms with Crippen molar-refractivity contribution in [1.29, 1.82) is 0 Å². The Morgan fingerprint density at radius 3 is 2.36 bits per heavy atom. The van der Waals surface area contributed by atoms with E-state index in [2.05, 4.69) is 19.2 Å². The van der Waals surface area contributed by atoms with Gasteiger partial charge in [0.15, 0.2) is 0 Å². The molecule has 0 saturated heterocycles. The number of nitrogens with zero attached hydrogens (tertiary/aromatic N) is 2. The lowest BCUT2D eigenvalue weighted by atomic mass is 9.98. The topological polar surface area (TPSA) is 61.8 Å². The zero-order valence-electron chi connectivity index (χ0n) is 21.2. The van der Waals surface area contributed by atoms with Crippen molar-refractivity contribution in [1.82, 2.24) is 0 Å². The van der Waals surface area contributed by atoms with Crippen molar-refractivity contribution in [2.45, 2.75) is 46.1 Å². The van der Waals surface area contributed by atoms with Gasteiger partial charge in [-0.25, -0.2) is 0 Å². The van der Waals surface area contributed by atoms with Gasteiger partial charge in [0.25, 0.3) is 5.91 Å². The molecule has 0 radical (unpaired) electrons. The quantitative estimate of drug-likeness (QED) is 0.391. The molecule has 2 atom stereocenters.